The maximum atomic E-state index is 11.6. The highest BCUT2D eigenvalue weighted by atomic mass is 16.5. The Bertz CT molecular complexity index is 394. The lowest BCUT2D eigenvalue weighted by Crippen LogP contribution is -2.30. The first-order valence-corrected chi connectivity index (χ1v) is 7.20. The van der Waals surface area contributed by atoms with Gasteiger partial charge in [-0.15, -0.1) is 0 Å². The Balaban J connectivity index is 1.65. The lowest BCUT2D eigenvalue weighted by molar-refractivity contribution is 0.137. The van der Waals surface area contributed by atoms with E-state index < -0.39 is 0 Å². The molecule has 1 aliphatic carbocycles. The van der Waals surface area contributed by atoms with E-state index in [1.807, 2.05) is 31.2 Å². The van der Waals surface area contributed by atoms with Crippen molar-refractivity contribution in [3.05, 3.63) is 35.4 Å². The molecular formula is C16H23NO2. The maximum Gasteiger partial charge on any atom is 0.407 e. The molecular weight excluding hydrogens is 238 g/mol. The van der Waals surface area contributed by atoms with Gasteiger partial charge < -0.3 is 10.1 Å². The van der Waals surface area contributed by atoms with Crippen LogP contribution in [0.5, 0.6) is 0 Å². The first-order chi connectivity index (χ1) is 9.24. The van der Waals surface area contributed by atoms with Crippen molar-refractivity contribution >= 4 is 6.09 Å². The Morgan fingerprint density at radius 3 is 2.58 bits per heavy atom. The topological polar surface area (TPSA) is 38.3 Å². The molecule has 1 fully saturated rings. The molecule has 0 radical (unpaired) electrons. The molecule has 0 bridgehead atoms. The first-order valence-electron chi connectivity index (χ1n) is 7.20. The Hall–Kier alpha value is -1.51. The molecule has 1 saturated carbocycles. The van der Waals surface area contributed by atoms with Crippen LogP contribution in [0.25, 0.3) is 0 Å². The Morgan fingerprint density at radius 1 is 1.21 bits per heavy atom. The lowest BCUT2D eigenvalue weighted by atomic mass is 9.89. The van der Waals surface area contributed by atoms with Gasteiger partial charge in [0.25, 0.3) is 0 Å². The van der Waals surface area contributed by atoms with Crippen LogP contribution in [-0.2, 0) is 11.3 Å². The smallest absolute Gasteiger partial charge is 0.407 e. The number of carbonyl (C=O) groups is 1. The summed E-state index contributed by atoms with van der Waals surface area (Å²) in [6.07, 6.45) is 6.10. The lowest BCUT2D eigenvalue weighted by Gasteiger charge is -2.21. The number of hydrogen-bond acceptors (Lipinski definition) is 2. The second-order valence-corrected chi connectivity index (χ2v) is 5.45. The van der Waals surface area contributed by atoms with Crippen LogP contribution in [0.15, 0.2) is 24.3 Å². The highest BCUT2D eigenvalue weighted by Gasteiger charge is 2.14. The third-order valence-corrected chi connectivity index (χ3v) is 3.75. The van der Waals surface area contributed by atoms with Crippen molar-refractivity contribution in [1.29, 1.82) is 0 Å². The molecule has 0 aromatic heterocycles. The second kappa shape index (κ2) is 7.17. The summed E-state index contributed by atoms with van der Waals surface area (Å²) in [6.45, 7) is 3.14. The van der Waals surface area contributed by atoms with Crippen molar-refractivity contribution in [2.45, 2.75) is 45.6 Å². The van der Waals surface area contributed by atoms with Gasteiger partial charge in [0.2, 0.25) is 0 Å². The predicted molar refractivity (Wildman–Crippen MR) is 75.9 cm³/mol. The van der Waals surface area contributed by atoms with Crippen LogP contribution in [0, 0.1) is 12.8 Å². The van der Waals surface area contributed by atoms with Crippen LogP contribution in [0.4, 0.5) is 4.79 Å². The van der Waals surface area contributed by atoms with Gasteiger partial charge >= 0.3 is 6.09 Å². The van der Waals surface area contributed by atoms with Crippen LogP contribution >= 0.6 is 0 Å². The number of hydrogen-bond donors (Lipinski definition) is 1. The van der Waals surface area contributed by atoms with Crippen molar-refractivity contribution in [3.63, 3.8) is 0 Å². The number of benzene rings is 1. The first kappa shape index (κ1) is 13.9. The molecule has 0 saturated heterocycles. The summed E-state index contributed by atoms with van der Waals surface area (Å²) in [4.78, 5) is 11.6. The molecule has 1 aliphatic rings. The highest BCUT2D eigenvalue weighted by molar-refractivity contribution is 5.67. The molecule has 1 aromatic rings. The van der Waals surface area contributed by atoms with Crippen molar-refractivity contribution in [1.82, 2.24) is 5.32 Å². The van der Waals surface area contributed by atoms with Crippen LogP contribution in [0.2, 0.25) is 0 Å². The van der Waals surface area contributed by atoms with E-state index >= 15 is 0 Å². The van der Waals surface area contributed by atoms with Gasteiger partial charge in [0.05, 0.1) is 0 Å². The summed E-state index contributed by atoms with van der Waals surface area (Å²) >= 11 is 0. The minimum atomic E-state index is -0.300. The SMILES string of the molecule is Cc1ccc(COC(=O)NCC2CCCCC2)cc1. The van der Waals surface area contributed by atoms with Gasteiger partial charge in [0.1, 0.15) is 6.61 Å². The van der Waals surface area contributed by atoms with Crippen LogP contribution in [0.1, 0.15) is 43.2 Å². The van der Waals surface area contributed by atoms with Crippen molar-refractivity contribution in [2.24, 2.45) is 5.92 Å². The highest BCUT2D eigenvalue weighted by Crippen LogP contribution is 2.22. The number of carbonyl (C=O) groups excluding carboxylic acids is 1. The summed E-state index contributed by atoms with van der Waals surface area (Å²) in [5.74, 6) is 0.640. The fraction of sp³-hybridized carbons (Fsp3) is 0.562. The molecule has 19 heavy (non-hydrogen) atoms. The summed E-state index contributed by atoms with van der Waals surface area (Å²) in [5, 5.41) is 2.87. The maximum absolute atomic E-state index is 11.6. The predicted octanol–water partition coefficient (Wildman–Crippen LogP) is 3.80. The average molecular weight is 261 g/mol. The second-order valence-electron chi connectivity index (χ2n) is 5.45. The van der Waals surface area contributed by atoms with E-state index in [0.717, 1.165) is 12.1 Å². The minimum Gasteiger partial charge on any atom is -0.445 e. The van der Waals surface area contributed by atoms with E-state index in [9.17, 15) is 4.79 Å². The molecule has 3 heteroatoms. The van der Waals surface area contributed by atoms with E-state index in [-0.39, 0.29) is 6.09 Å². The molecule has 1 N–H and O–H groups in total. The normalized spacial score (nSPS) is 16.1. The van der Waals surface area contributed by atoms with Crippen molar-refractivity contribution in [3.8, 4) is 0 Å². The van der Waals surface area contributed by atoms with Crippen molar-refractivity contribution in [2.75, 3.05) is 6.54 Å². The van der Waals surface area contributed by atoms with Crippen molar-refractivity contribution < 1.29 is 9.53 Å². The summed E-state index contributed by atoms with van der Waals surface area (Å²) in [6, 6.07) is 8.03. The number of nitrogens with one attached hydrogen (secondary N) is 1. The van der Waals surface area contributed by atoms with Gasteiger partial charge in [-0.3, -0.25) is 0 Å². The molecule has 1 amide bonds. The largest absolute Gasteiger partial charge is 0.445 e. The van der Waals surface area contributed by atoms with E-state index in [4.69, 9.17) is 4.74 Å². The minimum absolute atomic E-state index is 0.300. The number of rotatable bonds is 4. The quantitative estimate of drug-likeness (QED) is 0.895. The monoisotopic (exact) mass is 261 g/mol. The van der Waals surface area contributed by atoms with Gasteiger partial charge in [-0.2, -0.15) is 0 Å². The van der Waals surface area contributed by atoms with E-state index in [1.54, 1.807) is 0 Å². The fourth-order valence-corrected chi connectivity index (χ4v) is 2.50. The van der Waals surface area contributed by atoms with Gasteiger partial charge in [-0.05, 0) is 31.2 Å². The van der Waals surface area contributed by atoms with Gasteiger partial charge in [-0.25, -0.2) is 4.79 Å². The standard InChI is InChI=1S/C16H23NO2/c1-13-7-9-15(10-8-13)12-19-16(18)17-11-14-5-3-2-4-6-14/h7-10,14H,2-6,11-12H2,1H3,(H,17,18). The molecule has 0 heterocycles. The zero-order valence-corrected chi connectivity index (χ0v) is 11.7. The molecule has 0 atom stereocenters. The molecule has 1 aromatic carbocycles. The van der Waals surface area contributed by atoms with Crippen LogP contribution in [-0.4, -0.2) is 12.6 Å². The molecule has 0 spiro atoms. The summed E-state index contributed by atoms with van der Waals surface area (Å²) in [7, 11) is 0. The van der Waals surface area contributed by atoms with E-state index in [1.165, 1.54) is 37.7 Å². The summed E-state index contributed by atoms with van der Waals surface area (Å²) < 4.78 is 5.21. The third-order valence-electron chi connectivity index (χ3n) is 3.75. The molecule has 0 unspecified atom stereocenters. The molecule has 0 aliphatic heterocycles. The van der Waals surface area contributed by atoms with Crippen LogP contribution < -0.4 is 5.32 Å². The summed E-state index contributed by atoms with van der Waals surface area (Å²) in [5.41, 5.74) is 2.24. The molecule has 2 rings (SSSR count). The Kier molecular flexibility index (Phi) is 5.25. The Labute approximate surface area is 115 Å². The van der Waals surface area contributed by atoms with Gasteiger partial charge in [-0.1, -0.05) is 49.1 Å². The number of alkyl carbamates (subject to hydrolysis) is 1. The number of aryl methyl sites for hydroxylation is 1. The number of ether oxygens (including phenoxy) is 1. The number of amides is 1. The molecule has 104 valence electrons. The van der Waals surface area contributed by atoms with E-state index in [0.29, 0.717) is 12.5 Å². The van der Waals surface area contributed by atoms with Crippen LogP contribution in [0.3, 0.4) is 0 Å². The Morgan fingerprint density at radius 2 is 1.89 bits per heavy atom. The zero-order valence-electron chi connectivity index (χ0n) is 11.7. The zero-order chi connectivity index (χ0) is 13.5. The van der Waals surface area contributed by atoms with E-state index in [2.05, 4.69) is 5.32 Å². The van der Waals surface area contributed by atoms with Gasteiger partial charge in [0, 0.05) is 6.54 Å². The third kappa shape index (κ3) is 4.93. The average Bonchev–Trinajstić information content (AvgIpc) is 2.45. The van der Waals surface area contributed by atoms with Gasteiger partial charge in [0.15, 0.2) is 0 Å². The molecule has 3 nitrogen and oxygen atoms in total. The fourth-order valence-electron chi connectivity index (χ4n) is 2.50.